The maximum absolute atomic E-state index is 12.0. The standard InChI is InChI=1S/C15H21N3O3/c19-14(20)4-3-12-5-8-18(9-6-12)15(21)17-11-13-2-1-7-16-10-13/h1-2,7,10,12H,3-6,8-9,11H2,(H,17,21)(H,19,20). The van der Waals surface area contributed by atoms with Crippen LogP contribution in [0.4, 0.5) is 4.79 Å². The van der Waals surface area contributed by atoms with Gasteiger partial charge in [0, 0.05) is 38.4 Å². The fourth-order valence-electron chi connectivity index (χ4n) is 2.54. The van der Waals surface area contributed by atoms with E-state index in [0.717, 1.165) is 18.4 Å². The second kappa shape index (κ2) is 7.61. The first-order chi connectivity index (χ1) is 10.1. The van der Waals surface area contributed by atoms with Crippen molar-refractivity contribution in [1.82, 2.24) is 15.2 Å². The van der Waals surface area contributed by atoms with E-state index < -0.39 is 5.97 Å². The number of likely N-dealkylation sites (tertiary alicyclic amines) is 1. The highest BCUT2D eigenvalue weighted by Crippen LogP contribution is 2.21. The number of nitrogens with one attached hydrogen (secondary N) is 1. The topological polar surface area (TPSA) is 82.5 Å². The summed E-state index contributed by atoms with van der Waals surface area (Å²) in [6.45, 7) is 1.87. The number of pyridine rings is 1. The third-order valence-electron chi connectivity index (χ3n) is 3.83. The maximum Gasteiger partial charge on any atom is 0.317 e. The molecule has 1 aromatic heterocycles. The SMILES string of the molecule is O=C(O)CCC1CCN(C(=O)NCc2cccnc2)CC1. The molecule has 1 aliphatic heterocycles. The third kappa shape index (κ3) is 5.06. The van der Waals surface area contributed by atoms with Crippen LogP contribution in [-0.2, 0) is 11.3 Å². The summed E-state index contributed by atoms with van der Waals surface area (Å²) in [5.74, 6) is -0.324. The second-order valence-electron chi connectivity index (χ2n) is 5.38. The molecule has 0 unspecified atom stereocenters. The quantitative estimate of drug-likeness (QED) is 0.867. The molecule has 0 spiro atoms. The van der Waals surface area contributed by atoms with Crippen molar-refractivity contribution in [2.45, 2.75) is 32.2 Å². The summed E-state index contributed by atoms with van der Waals surface area (Å²) in [7, 11) is 0. The molecular formula is C15H21N3O3. The lowest BCUT2D eigenvalue weighted by Gasteiger charge is -2.31. The zero-order valence-electron chi connectivity index (χ0n) is 12.0. The molecule has 2 heterocycles. The average Bonchev–Trinajstić information content (AvgIpc) is 2.52. The Balaban J connectivity index is 1.69. The predicted octanol–water partition coefficient (Wildman–Crippen LogP) is 1.87. The minimum absolute atomic E-state index is 0.0597. The molecule has 1 aromatic rings. The number of carbonyl (C=O) groups excluding carboxylic acids is 1. The summed E-state index contributed by atoms with van der Waals surface area (Å²) in [4.78, 5) is 28.4. The van der Waals surface area contributed by atoms with Gasteiger partial charge in [0.25, 0.3) is 0 Å². The highest BCUT2D eigenvalue weighted by atomic mass is 16.4. The number of piperidine rings is 1. The number of amides is 2. The van der Waals surface area contributed by atoms with Gasteiger partial charge in [0.1, 0.15) is 0 Å². The van der Waals surface area contributed by atoms with Crippen LogP contribution in [0.1, 0.15) is 31.2 Å². The van der Waals surface area contributed by atoms with Gasteiger partial charge in [-0.15, -0.1) is 0 Å². The second-order valence-corrected chi connectivity index (χ2v) is 5.38. The Kier molecular flexibility index (Phi) is 5.54. The van der Waals surface area contributed by atoms with Crippen molar-refractivity contribution in [3.8, 4) is 0 Å². The fraction of sp³-hybridized carbons (Fsp3) is 0.533. The summed E-state index contributed by atoms with van der Waals surface area (Å²) < 4.78 is 0. The van der Waals surface area contributed by atoms with Crippen LogP contribution in [0, 0.1) is 5.92 Å². The highest BCUT2D eigenvalue weighted by molar-refractivity contribution is 5.74. The van der Waals surface area contributed by atoms with Gasteiger partial charge in [-0.1, -0.05) is 6.07 Å². The third-order valence-corrected chi connectivity index (χ3v) is 3.83. The van der Waals surface area contributed by atoms with Gasteiger partial charge in [-0.3, -0.25) is 9.78 Å². The van der Waals surface area contributed by atoms with Crippen LogP contribution >= 0.6 is 0 Å². The number of aliphatic carboxylic acids is 1. The molecule has 0 radical (unpaired) electrons. The molecule has 0 saturated carbocycles. The van der Waals surface area contributed by atoms with Gasteiger partial charge in [0.05, 0.1) is 0 Å². The van der Waals surface area contributed by atoms with Crippen LogP contribution in [0.5, 0.6) is 0 Å². The molecule has 2 amide bonds. The number of carboxylic acids is 1. The Morgan fingerprint density at radius 3 is 2.76 bits per heavy atom. The van der Waals surface area contributed by atoms with Gasteiger partial charge in [0.2, 0.25) is 0 Å². The largest absolute Gasteiger partial charge is 0.481 e. The normalized spacial score (nSPS) is 15.7. The number of nitrogens with zero attached hydrogens (tertiary/aromatic N) is 2. The van der Waals surface area contributed by atoms with Crippen LogP contribution in [0.25, 0.3) is 0 Å². The molecule has 1 saturated heterocycles. The van der Waals surface area contributed by atoms with Crippen molar-refractivity contribution in [1.29, 1.82) is 0 Å². The van der Waals surface area contributed by atoms with E-state index in [1.807, 2.05) is 12.1 Å². The van der Waals surface area contributed by atoms with E-state index in [2.05, 4.69) is 10.3 Å². The first-order valence-corrected chi connectivity index (χ1v) is 7.28. The van der Waals surface area contributed by atoms with Crippen molar-refractivity contribution in [3.05, 3.63) is 30.1 Å². The van der Waals surface area contributed by atoms with Crippen molar-refractivity contribution in [3.63, 3.8) is 0 Å². The first-order valence-electron chi connectivity index (χ1n) is 7.28. The van der Waals surface area contributed by atoms with Crippen molar-refractivity contribution in [2.24, 2.45) is 5.92 Å². The van der Waals surface area contributed by atoms with Crippen molar-refractivity contribution < 1.29 is 14.7 Å². The van der Waals surface area contributed by atoms with Gasteiger partial charge < -0.3 is 15.3 Å². The Hall–Kier alpha value is -2.11. The zero-order chi connectivity index (χ0) is 15.1. The minimum atomic E-state index is -0.744. The maximum atomic E-state index is 12.0. The lowest BCUT2D eigenvalue weighted by molar-refractivity contribution is -0.137. The Morgan fingerprint density at radius 1 is 1.38 bits per heavy atom. The van der Waals surface area contributed by atoms with E-state index in [-0.39, 0.29) is 12.5 Å². The summed E-state index contributed by atoms with van der Waals surface area (Å²) in [5, 5.41) is 11.6. The molecule has 0 atom stereocenters. The highest BCUT2D eigenvalue weighted by Gasteiger charge is 2.22. The number of hydrogen-bond donors (Lipinski definition) is 2. The van der Waals surface area contributed by atoms with E-state index in [1.54, 1.807) is 17.3 Å². The molecule has 0 aliphatic carbocycles. The number of rotatable bonds is 5. The number of carboxylic acid groups (broad SMARTS) is 1. The zero-order valence-corrected chi connectivity index (χ0v) is 12.0. The molecule has 114 valence electrons. The molecular weight excluding hydrogens is 270 g/mol. The lowest BCUT2D eigenvalue weighted by Crippen LogP contribution is -2.44. The molecule has 0 bridgehead atoms. The molecule has 2 N–H and O–H groups in total. The summed E-state index contributed by atoms with van der Waals surface area (Å²) >= 11 is 0. The number of urea groups is 1. The van der Waals surface area contributed by atoms with Gasteiger partial charge in [0.15, 0.2) is 0 Å². The predicted molar refractivity (Wildman–Crippen MR) is 77.6 cm³/mol. The van der Waals surface area contributed by atoms with Crippen LogP contribution in [0.3, 0.4) is 0 Å². The van der Waals surface area contributed by atoms with E-state index in [0.29, 0.717) is 32.0 Å². The van der Waals surface area contributed by atoms with Crippen LogP contribution in [0.2, 0.25) is 0 Å². The molecule has 6 heteroatoms. The van der Waals surface area contributed by atoms with Crippen LogP contribution < -0.4 is 5.32 Å². The van der Waals surface area contributed by atoms with Crippen LogP contribution in [-0.4, -0.2) is 40.1 Å². The van der Waals surface area contributed by atoms with E-state index >= 15 is 0 Å². The first kappa shape index (κ1) is 15.3. The van der Waals surface area contributed by atoms with Gasteiger partial charge in [-0.05, 0) is 36.8 Å². The van der Waals surface area contributed by atoms with Gasteiger partial charge >= 0.3 is 12.0 Å². The minimum Gasteiger partial charge on any atom is -0.481 e. The number of hydrogen-bond acceptors (Lipinski definition) is 3. The van der Waals surface area contributed by atoms with E-state index in [4.69, 9.17) is 5.11 Å². The average molecular weight is 291 g/mol. The molecule has 21 heavy (non-hydrogen) atoms. The van der Waals surface area contributed by atoms with Crippen molar-refractivity contribution >= 4 is 12.0 Å². The summed E-state index contributed by atoms with van der Waals surface area (Å²) in [6, 6.07) is 3.71. The molecule has 6 nitrogen and oxygen atoms in total. The number of aromatic nitrogens is 1. The Morgan fingerprint density at radius 2 is 2.14 bits per heavy atom. The van der Waals surface area contributed by atoms with Gasteiger partial charge in [-0.25, -0.2) is 4.79 Å². The smallest absolute Gasteiger partial charge is 0.317 e. The number of carbonyl (C=O) groups is 2. The van der Waals surface area contributed by atoms with E-state index in [1.165, 1.54) is 0 Å². The fourth-order valence-corrected chi connectivity index (χ4v) is 2.54. The summed E-state index contributed by atoms with van der Waals surface area (Å²) in [5.41, 5.74) is 0.974. The van der Waals surface area contributed by atoms with Gasteiger partial charge in [-0.2, -0.15) is 0 Å². The van der Waals surface area contributed by atoms with Crippen molar-refractivity contribution in [2.75, 3.05) is 13.1 Å². The summed E-state index contributed by atoms with van der Waals surface area (Å²) in [6.07, 6.45) is 6.13. The van der Waals surface area contributed by atoms with Crippen LogP contribution in [0.15, 0.2) is 24.5 Å². The molecule has 0 aromatic carbocycles. The lowest BCUT2D eigenvalue weighted by atomic mass is 9.92. The molecule has 2 rings (SSSR count). The molecule has 1 fully saturated rings. The monoisotopic (exact) mass is 291 g/mol. The Labute approximate surface area is 124 Å². The van der Waals surface area contributed by atoms with E-state index in [9.17, 15) is 9.59 Å². The Bertz CT molecular complexity index is 470. The molecule has 1 aliphatic rings.